The van der Waals surface area contributed by atoms with Gasteiger partial charge in [0.2, 0.25) is 0 Å². The summed E-state index contributed by atoms with van der Waals surface area (Å²) in [5.41, 5.74) is 4.30. The molecule has 1 fully saturated rings. The highest BCUT2D eigenvalue weighted by Gasteiger charge is 2.22. The highest BCUT2D eigenvalue weighted by molar-refractivity contribution is 6.00. The molecule has 0 aliphatic carbocycles. The first kappa shape index (κ1) is 16.7. The first-order chi connectivity index (χ1) is 12.6. The van der Waals surface area contributed by atoms with Crippen LogP contribution in [0, 0.1) is 6.92 Å². The van der Waals surface area contributed by atoms with E-state index in [-0.39, 0.29) is 11.9 Å². The fraction of sp³-hybridized carbons (Fsp3) is 0.350. The minimum Gasteiger partial charge on any atom is -0.349 e. The summed E-state index contributed by atoms with van der Waals surface area (Å²) < 4.78 is 1.74. The second kappa shape index (κ2) is 6.88. The van der Waals surface area contributed by atoms with Gasteiger partial charge in [0.15, 0.2) is 5.65 Å². The first-order valence-electron chi connectivity index (χ1n) is 9.01. The van der Waals surface area contributed by atoms with Crippen molar-refractivity contribution >= 4 is 11.6 Å². The lowest BCUT2D eigenvalue weighted by atomic mass is 10.1. The standard InChI is InChI=1S/C20H23N5O/c1-14-3-5-15(6-4-14)18-7-10-21-19-17(13-22-25(18)19)20(26)23-16-8-11-24(2)12-9-16/h3-7,10,13,16H,8-9,11-12H2,1-2H3,(H,23,26). The molecule has 1 aliphatic rings. The van der Waals surface area contributed by atoms with E-state index in [1.807, 2.05) is 6.07 Å². The second-order valence-corrected chi connectivity index (χ2v) is 7.04. The zero-order chi connectivity index (χ0) is 18.1. The predicted molar refractivity (Wildman–Crippen MR) is 101 cm³/mol. The van der Waals surface area contributed by atoms with Gasteiger partial charge >= 0.3 is 0 Å². The summed E-state index contributed by atoms with van der Waals surface area (Å²) >= 11 is 0. The summed E-state index contributed by atoms with van der Waals surface area (Å²) in [6.07, 6.45) is 5.30. The Morgan fingerprint density at radius 1 is 1.15 bits per heavy atom. The summed E-state index contributed by atoms with van der Waals surface area (Å²) in [7, 11) is 2.11. The van der Waals surface area contributed by atoms with Crippen molar-refractivity contribution < 1.29 is 4.79 Å². The van der Waals surface area contributed by atoms with Crippen LogP contribution < -0.4 is 5.32 Å². The third kappa shape index (κ3) is 3.20. The SMILES string of the molecule is Cc1ccc(-c2ccnc3c(C(=O)NC4CCN(C)CC4)cnn23)cc1. The number of likely N-dealkylation sites (tertiary alicyclic amines) is 1. The summed E-state index contributed by atoms with van der Waals surface area (Å²) in [6, 6.07) is 10.4. The molecule has 0 atom stereocenters. The van der Waals surface area contributed by atoms with Crippen molar-refractivity contribution in [3.63, 3.8) is 0 Å². The van der Waals surface area contributed by atoms with E-state index < -0.39 is 0 Å². The van der Waals surface area contributed by atoms with Crippen LogP contribution in [0.1, 0.15) is 28.8 Å². The van der Waals surface area contributed by atoms with Crippen molar-refractivity contribution in [2.75, 3.05) is 20.1 Å². The van der Waals surface area contributed by atoms with Crippen molar-refractivity contribution in [3.05, 3.63) is 53.9 Å². The third-order valence-electron chi connectivity index (χ3n) is 5.05. The Hall–Kier alpha value is -2.73. The molecule has 0 spiro atoms. The molecule has 1 amide bonds. The number of hydrogen-bond acceptors (Lipinski definition) is 4. The van der Waals surface area contributed by atoms with Crippen molar-refractivity contribution in [2.45, 2.75) is 25.8 Å². The molecule has 0 bridgehead atoms. The van der Waals surface area contributed by atoms with Gasteiger partial charge in [-0.2, -0.15) is 5.10 Å². The van der Waals surface area contributed by atoms with E-state index in [2.05, 4.69) is 58.5 Å². The number of aryl methyl sites for hydroxylation is 1. The third-order valence-corrected chi connectivity index (χ3v) is 5.05. The van der Waals surface area contributed by atoms with E-state index >= 15 is 0 Å². The fourth-order valence-corrected chi connectivity index (χ4v) is 3.41. The van der Waals surface area contributed by atoms with Gasteiger partial charge in [-0.25, -0.2) is 9.50 Å². The number of nitrogens with zero attached hydrogens (tertiary/aromatic N) is 4. The normalized spacial score (nSPS) is 16.1. The molecule has 0 saturated carbocycles. The maximum atomic E-state index is 12.7. The van der Waals surface area contributed by atoms with Crippen LogP contribution in [0.3, 0.4) is 0 Å². The molecule has 1 saturated heterocycles. The van der Waals surface area contributed by atoms with Crippen LogP contribution in [-0.4, -0.2) is 51.6 Å². The van der Waals surface area contributed by atoms with Gasteiger partial charge in [0.1, 0.15) is 5.56 Å². The van der Waals surface area contributed by atoms with Crippen molar-refractivity contribution in [1.29, 1.82) is 0 Å². The predicted octanol–water partition coefficient (Wildman–Crippen LogP) is 2.53. The molecular formula is C20H23N5O. The molecule has 2 aromatic heterocycles. The Balaban J connectivity index is 1.62. The molecular weight excluding hydrogens is 326 g/mol. The molecule has 3 aromatic rings. The van der Waals surface area contributed by atoms with Crippen LogP contribution in [-0.2, 0) is 0 Å². The number of carbonyl (C=O) groups is 1. The number of amides is 1. The van der Waals surface area contributed by atoms with Crippen LogP contribution in [0.2, 0.25) is 0 Å². The second-order valence-electron chi connectivity index (χ2n) is 7.04. The zero-order valence-corrected chi connectivity index (χ0v) is 15.1. The van der Waals surface area contributed by atoms with Gasteiger partial charge in [-0.15, -0.1) is 0 Å². The number of benzene rings is 1. The lowest BCUT2D eigenvalue weighted by molar-refractivity contribution is 0.0918. The Morgan fingerprint density at radius 3 is 2.62 bits per heavy atom. The number of carbonyl (C=O) groups excluding carboxylic acids is 1. The topological polar surface area (TPSA) is 62.5 Å². The molecule has 1 aliphatic heterocycles. The highest BCUT2D eigenvalue weighted by atomic mass is 16.1. The average molecular weight is 349 g/mol. The summed E-state index contributed by atoms with van der Waals surface area (Å²) in [4.78, 5) is 19.4. The smallest absolute Gasteiger partial charge is 0.256 e. The van der Waals surface area contributed by atoms with Gasteiger partial charge in [-0.1, -0.05) is 29.8 Å². The molecule has 6 heteroatoms. The quantitative estimate of drug-likeness (QED) is 0.789. The molecule has 1 aromatic carbocycles. The van der Waals surface area contributed by atoms with Crippen molar-refractivity contribution in [2.24, 2.45) is 0 Å². The average Bonchev–Trinajstić information content (AvgIpc) is 3.09. The maximum Gasteiger partial charge on any atom is 0.256 e. The van der Waals surface area contributed by atoms with Crippen LogP contribution in [0.15, 0.2) is 42.7 Å². The lowest BCUT2D eigenvalue weighted by Gasteiger charge is -2.29. The maximum absolute atomic E-state index is 12.7. The summed E-state index contributed by atoms with van der Waals surface area (Å²) in [5.74, 6) is -0.0943. The van der Waals surface area contributed by atoms with Crippen molar-refractivity contribution in [3.8, 4) is 11.3 Å². The van der Waals surface area contributed by atoms with Gasteiger partial charge < -0.3 is 10.2 Å². The van der Waals surface area contributed by atoms with Crippen LogP contribution in [0.5, 0.6) is 0 Å². The zero-order valence-electron chi connectivity index (χ0n) is 15.1. The van der Waals surface area contributed by atoms with Gasteiger partial charge in [-0.05, 0) is 46.0 Å². The minimum absolute atomic E-state index is 0.0943. The van der Waals surface area contributed by atoms with E-state index in [4.69, 9.17) is 0 Å². The van der Waals surface area contributed by atoms with E-state index in [0.29, 0.717) is 11.2 Å². The Labute approximate surface area is 152 Å². The first-order valence-corrected chi connectivity index (χ1v) is 9.01. The van der Waals surface area contributed by atoms with Gasteiger partial charge in [0.25, 0.3) is 5.91 Å². The van der Waals surface area contributed by atoms with Crippen LogP contribution >= 0.6 is 0 Å². The molecule has 0 radical (unpaired) electrons. The number of aromatic nitrogens is 3. The molecule has 6 nitrogen and oxygen atoms in total. The van der Waals surface area contributed by atoms with Crippen LogP contribution in [0.25, 0.3) is 16.9 Å². The highest BCUT2D eigenvalue weighted by Crippen LogP contribution is 2.21. The number of piperidine rings is 1. The van der Waals surface area contributed by atoms with E-state index in [0.717, 1.165) is 37.2 Å². The molecule has 26 heavy (non-hydrogen) atoms. The van der Waals surface area contributed by atoms with Gasteiger partial charge in [0, 0.05) is 17.8 Å². The van der Waals surface area contributed by atoms with Gasteiger partial charge in [0.05, 0.1) is 11.9 Å². The summed E-state index contributed by atoms with van der Waals surface area (Å²) in [6.45, 7) is 4.08. The van der Waals surface area contributed by atoms with E-state index in [1.165, 1.54) is 5.56 Å². The number of nitrogens with one attached hydrogen (secondary N) is 1. The Kier molecular flexibility index (Phi) is 4.42. The number of hydrogen-bond donors (Lipinski definition) is 1. The summed E-state index contributed by atoms with van der Waals surface area (Å²) in [5, 5.41) is 7.57. The fourth-order valence-electron chi connectivity index (χ4n) is 3.41. The largest absolute Gasteiger partial charge is 0.349 e. The Morgan fingerprint density at radius 2 is 1.88 bits per heavy atom. The molecule has 134 valence electrons. The van der Waals surface area contributed by atoms with Crippen molar-refractivity contribution in [1.82, 2.24) is 24.8 Å². The van der Waals surface area contributed by atoms with E-state index in [9.17, 15) is 4.79 Å². The van der Waals surface area contributed by atoms with Gasteiger partial charge in [-0.3, -0.25) is 4.79 Å². The van der Waals surface area contributed by atoms with Crippen LogP contribution in [0.4, 0.5) is 0 Å². The molecule has 4 rings (SSSR count). The Bertz CT molecular complexity index is 923. The molecule has 0 unspecified atom stereocenters. The number of rotatable bonds is 3. The minimum atomic E-state index is -0.0943. The lowest BCUT2D eigenvalue weighted by Crippen LogP contribution is -2.43. The molecule has 3 heterocycles. The monoisotopic (exact) mass is 349 g/mol. The van der Waals surface area contributed by atoms with E-state index in [1.54, 1.807) is 16.9 Å². The number of fused-ring (bicyclic) bond motifs is 1. The molecule has 1 N–H and O–H groups in total.